The summed E-state index contributed by atoms with van der Waals surface area (Å²) in [5.41, 5.74) is 15.9. The van der Waals surface area contributed by atoms with Gasteiger partial charge in [-0.3, -0.25) is 4.79 Å². The van der Waals surface area contributed by atoms with E-state index in [9.17, 15) is 4.79 Å². The van der Waals surface area contributed by atoms with E-state index in [4.69, 9.17) is 16.2 Å². The number of aromatic nitrogens is 1. The fraction of sp³-hybridized carbons (Fsp3) is 0.400. The van der Waals surface area contributed by atoms with Gasteiger partial charge in [-0.25, -0.2) is 0 Å². The van der Waals surface area contributed by atoms with Crippen molar-refractivity contribution in [3.8, 4) is 5.75 Å². The van der Waals surface area contributed by atoms with Crippen LogP contribution in [0.15, 0.2) is 48.7 Å². The van der Waals surface area contributed by atoms with Crippen LogP contribution in [0, 0.1) is 0 Å². The zero-order valence-electron chi connectivity index (χ0n) is 18.6. The molecule has 2 aromatic carbocycles. The molecule has 1 aliphatic rings. The second-order valence-electron chi connectivity index (χ2n) is 8.29. The Labute approximate surface area is 189 Å². The maximum absolute atomic E-state index is 12.6. The fourth-order valence-corrected chi connectivity index (χ4v) is 4.31. The molecule has 5 N–H and O–H groups in total. The van der Waals surface area contributed by atoms with Gasteiger partial charge in [0.15, 0.2) is 0 Å². The number of piperazine rings is 1. The standard InChI is InChI=1S/C25H33N5O2/c26-11-10-19-18-28-23-9-8-20(17-21(19)23)32-16-4-3-7-25(31)30-14-12-29(13-15-30)24-6-2-1-5-22(24)27/h1-2,5-6,8-9,17-18,28H,3-4,7,10-16,26-27H2. The van der Waals surface area contributed by atoms with Crippen molar-refractivity contribution in [2.45, 2.75) is 25.7 Å². The number of unbranched alkanes of at least 4 members (excludes halogenated alkanes) is 1. The number of amides is 1. The van der Waals surface area contributed by atoms with Crippen molar-refractivity contribution in [1.82, 2.24) is 9.88 Å². The number of ether oxygens (including phenoxy) is 1. The van der Waals surface area contributed by atoms with Crippen LogP contribution >= 0.6 is 0 Å². The van der Waals surface area contributed by atoms with Gasteiger partial charge in [0.25, 0.3) is 0 Å². The van der Waals surface area contributed by atoms with Crippen molar-refractivity contribution < 1.29 is 9.53 Å². The molecule has 0 aliphatic carbocycles. The molecule has 1 aliphatic heterocycles. The molecule has 4 rings (SSSR count). The number of fused-ring (bicyclic) bond motifs is 1. The van der Waals surface area contributed by atoms with Crippen LogP contribution in [0.3, 0.4) is 0 Å². The first kappa shape index (κ1) is 22.0. The highest BCUT2D eigenvalue weighted by Gasteiger charge is 2.21. The zero-order chi connectivity index (χ0) is 22.3. The molecule has 7 heteroatoms. The predicted octanol–water partition coefficient (Wildman–Crippen LogP) is 3.15. The Morgan fingerprint density at radius 3 is 2.66 bits per heavy atom. The molecule has 1 aromatic heterocycles. The van der Waals surface area contributed by atoms with Gasteiger partial charge in [-0.2, -0.15) is 0 Å². The summed E-state index contributed by atoms with van der Waals surface area (Å²) < 4.78 is 5.93. The van der Waals surface area contributed by atoms with E-state index in [-0.39, 0.29) is 5.91 Å². The number of carbonyl (C=O) groups is 1. The highest BCUT2D eigenvalue weighted by Crippen LogP contribution is 2.25. The van der Waals surface area contributed by atoms with Crippen molar-refractivity contribution in [2.24, 2.45) is 5.73 Å². The average Bonchev–Trinajstić information content (AvgIpc) is 3.21. The first-order chi connectivity index (χ1) is 15.7. The number of nitrogens with one attached hydrogen (secondary N) is 1. The summed E-state index contributed by atoms with van der Waals surface area (Å²) in [6.07, 6.45) is 5.11. The van der Waals surface area contributed by atoms with Gasteiger partial charge in [-0.15, -0.1) is 0 Å². The van der Waals surface area contributed by atoms with Crippen LogP contribution in [-0.2, 0) is 11.2 Å². The minimum absolute atomic E-state index is 0.228. The van der Waals surface area contributed by atoms with Gasteiger partial charge in [0.2, 0.25) is 5.91 Å². The number of aromatic amines is 1. The van der Waals surface area contributed by atoms with E-state index in [1.807, 2.05) is 47.5 Å². The van der Waals surface area contributed by atoms with Crippen LogP contribution in [0.25, 0.3) is 10.9 Å². The molecule has 0 saturated carbocycles. The number of nitrogens with two attached hydrogens (primary N) is 2. The molecule has 1 amide bonds. The maximum Gasteiger partial charge on any atom is 0.222 e. The number of rotatable bonds is 9. The van der Waals surface area contributed by atoms with Gasteiger partial charge < -0.3 is 31.0 Å². The average molecular weight is 436 g/mol. The molecular formula is C25H33N5O2. The van der Waals surface area contributed by atoms with Crippen molar-refractivity contribution in [3.63, 3.8) is 0 Å². The molecule has 0 bridgehead atoms. The summed E-state index contributed by atoms with van der Waals surface area (Å²) in [5, 5.41) is 1.17. The highest BCUT2D eigenvalue weighted by molar-refractivity contribution is 5.84. The smallest absolute Gasteiger partial charge is 0.222 e. The molecule has 170 valence electrons. The first-order valence-corrected chi connectivity index (χ1v) is 11.5. The summed E-state index contributed by atoms with van der Waals surface area (Å²) in [6, 6.07) is 14.0. The van der Waals surface area contributed by atoms with Crippen LogP contribution in [-0.4, -0.2) is 55.1 Å². The maximum atomic E-state index is 12.6. The van der Waals surface area contributed by atoms with Gasteiger partial charge in [0.05, 0.1) is 18.0 Å². The van der Waals surface area contributed by atoms with E-state index >= 15 is 0 Å². The normalized spacial score (nSPS) is 14.2. The van der Waals surface area contributed by atoms with Gasteiger partial charge >= 0.3 is 0 Å². The van der Waals surface area contributed by atoms with Crippen LogP contribution in [0.1, 0.15) is 24.8 Å². The monoisotopic (exact) mass is 435 g/mol. The summed E-state index contributed by atoms with van der Waals surface area (Å²) in [7, 11) is 0. The van der Waals surface area contributed by atoms with Gasteiger partial charge in [-0.05, 0) is 61.7 Å². The van der Waals surface area contributed by atoms with Crippen molar-refractivity contribution in [1.29, 1.82) is 0 Å². The summed E-state index contributed by atoms with van der Waals surface area (Å²) >= 11 is 0. The van der Waals surface area contributed by atoms with Gasteiger partial charge in [-0.1, -0.05) is 12.1 Å². The molecule has 1 saturated heterocycles. The molecule has 0 radical (unpaired) electrons. The Morgan fingerprint density at radius 1 is 1.06 bits per heavy atom. The molecule has 3 aromatic rings. The Kier molecular flexibility index (Phi) is 7.17. The van der Waals surface area contributed by atoms with E-state index in [2.05, 4.69) is 16.0 Å². The number of nitrogens with zero attached hydrogens (tertiary/aromatic N) is 2. The number of nitrogen functional groups attached to an aromatic ring is 1. The summed E-state index contributed by atoms with van der Waals surface area (Å²) in [5.74, 6) is 1.09. The van der Waals surface area contributed by atoms with Crippen molar-refractivity contribution >= 4 is 28.2 Å². The highest BCUT2D eigenvalue weighted by atomic mass is 16.5. The zero-order valence-corrected chi connectivity index (χ0v) is 18.6. The van der Waals surface area contributed by atoms with Crippen molar-refractivity contribution in [3.05, 3.63) is 54.2 Å². The minimum Gasteiger partial charge on any atom is -0.494 e. The van der Waals surface area contributed by atoms with Crippen molar-refractivity contribution in [2.75, 3.05) is 50.0 Å². The predicted molar refractivity (Wildman–Crippen MR) is 130 cm³/mol. The quantitative estimate of drug-likeness (QED) is 0.354. The summed E-state index contributed by atoms with van der Waals surface area (Å²) in [4.78, 5) is 20.1. The largest absolute Gasteiger partial charge is 0.494 e. The Balaban J connectivity index is 1.17. The molecule has 1 fully saturated rings. The molecule has 0 atom stereocenters. The second kappa shape index (κ2) is 10.4. The Morgan fingerprint density at radius 2 is 1.88 bits per heavy atom. The molecular weight excluding hydrogens is 402 g/mol. The van der Waals surface area contributed by atoms with Crippen LogP contribution < -0.4 is 21.1 Å². The van der Waals surface area contributed by atoms with E-state index < -0.39 is 0 Å². The molecule has 2 heterocycles. The molecule has 0 unspecified atom stereocenters. The van der Waals surface area contributed by atoms with E-state index in [1.165, 1.54) is 10.9 Å². The number of H-pyrrole nitrogens is 1. The van der Waals surface area contributed by atoms with Crippen LogP contribution in [0.5, 0.6) is 5.75 Å². The lowest BCUT2D eigenvalue weighted by molar-refractivity contribution is -0.131. The second-order valence-corrected chi connectivity index (χ2v) is 8.29. The lowest BCUT2D eigenvalue weighted by Gasteiger charge is -2.36. The van der Waals surface area contributed by atoms with Crippen LogP contribution in [0.4, 0.5) is 11.4 Å². The Hall–Kier alpha value is -3.19. The number of carbonyl (C=O) groups excluding carboxylic acids is 1. The third-order valence-corrected chi connectivity index (χ3v) is 6.12. The van der Waals surface area contributed by atoms with Gasteiger partial charge in [0, 0.05) is 49.7 Å². The van der Waals surface area contributed by atoms with Gasteiger partial charge in [0.1, 0.15) is 5.75 Å². The summed E-state index contributed by atoms with van der Waals surface area (Å²) in [6.45, 7) is 4.35. The lowest BCUT2D eigenvalue weighted by Crippen LogP contribution is -2.48. The number of para-hydroxylation sites is 2. The first-order valence-electron chi connectivity index (χ1n) is 11.5. The van der Waals surface area contributed by atoms with E-state index in [0.29, 0.717) is 19.6 Å². The van der Waals surface area contributed by atoms with Crippen LogP contribution in [0.2, 0.25) is 0 Å². The minimum atomic E-state index is 0.228. The molecule has 7 nitrogen and oxygen atoms in total. The lowest BCUT2D eigenvalue weighted by atomic mass is 10.1. The topological polar surface area (TPSA) is 101 Å². The number of hydrogen-bond donors (Lipinski definition) is 3. The SMILES string of the molecule is NCCc1c[nH]c2ccc(OCCCCC(=O)N3CCN(c4ccccc4N)CC3)cc12. The fourth-order valence-electron chi connectivity index (χ4n) is 4.31. The van der Waals surface area contributed by atoms with E-state index in [1.54, 1.807) is 0 Å². The molecule has 0 spiro atoms. The third-order valence-electron chi connectivity index (χ3n) is 6.12. The molecule has 32 heavy (non-hydrogen) atoms. The number of hydrogen-bond acceptors (Lipinski definition) is 5. The number of anilines is 2. The van der Waals surface area contributed by atoms with E-state index in [0.717, 1.165) is 68.1 Å². The number of benzene rings is 2. The third kappa shape index (κ3) is 5.16. The Bertz CT molecular complexity index is 1040.